The van der Waals surface area contributed by atoms with Crippen LogP contribution in [0.5, 0.6) is 0 Å². The Balaban J connectivity index is 1.65. The average molecular weight is 386 g/mol. The van der Waals surface area contributed by atoms with Gasteiger partial charge in [-0.25, -0.2) is 4.79 Å². The number of nitrogens with zero attached hydrogens (tertiary/aromatic N) is 1. The van der Waals surface area contributed by atoms with Gasteiger partial charge in [0.25, 0.3) is 11.6 Å². The molecule has 0 saturated carbocycles. The number of para-hydroxylation sites is 1. The SMILES string of the molecule is O=C(Nc1cccc(-c2cc3ccccc3oc2=O)c1)c1cccc([N+](=O)[O-])c1. The second-order valence-corrected chi connectivity index (χ2v) is 6.33. The van der Waals surface area contributed by atoms with Crippen LogP contribution in [0.25, 0.3) is 22.1 Å². The molecule has 1 aromatic heterocycles. The molecule has 0 fully saturated rings. The van der Waals surface area contributed by atoms with Gasteiger partial charge in [-0.3, -0.25) is 14.9 Å². The Labute approximate surface area is 164 Å². The highest BCUT2D eigenvalue weighted by atomic mass is 16.6. The molecule has 0 radical (unpaired) electrons. The predicted molar refractivity (Wildman–Crippen MR) is 109 cm³/mol. The molecule has 0 unspecified atom stereocenters. The van der Waals surface area contributed by atoms with Gasteiger partial charge in [-0.2, -0.15) is 0 Å². The van der Waals surface area contributed by atoms with Crippen LogP contribution in [-0.2, 0) is 0 Å². The zero-order chi connectivity index (χ0) is 20.4. The fraction of sp³-hybridized carbons (Fsp3) is 0. The normalized spacial score (nSPS) is 10.6. The number of amides is 1. The van der Waals surface area contributed by atoms with Gasteiger partial charge < -0.3 is 9.73 Å². The van der Waals surface area contributed by atoms with Gasteiger partial charge in [-0.15, -0.1) is 0 Å². The maximum absolute atomic E-state index is 12.5. The number of fused-ring (bicyclic) bond motifs is 1. The van der Waals surface area contributed by atoms with Crippen LogP contribution in [0.2, 0.25) is 0 Å². The molecule has 7 nitrogen and oxygen atoms in total. The lowest BCUT2D eigenvalue weighted by Gasteiger charge is -2.08. The first-order chi connectivity index (χ1) is 14.0. The molecular formula is C22H14N2O5. The molecule has 0 atom stereocenters. The predicted octanol–water partition coefficient (Wildman–Crippen LogP) is 4.62. The lowest BCUT2D eigenvalue weighted by molar-refractivity contribution is -0.384. The van der Waals surface area contributed by atoms with Crippen molar-refractivity contribution < 1.29 is 14.1 Å². The standard InChI is InChI=1S/C22H14N2O5/c25-21(16-7-4-9-18(12-16)24(27)28)23-17-8-3-6-14(11-17)19-13-15-5-1-2-10-20(15)29-22(19)26/h1-13H,(H,23,25). The van der Waals surface area contributed by atoms with E-state index >= 15 is 0 Å². The first-order valence-corrected chi connectivity index (χ1v) is 8.70. The fourth-order valence-electron chi connectivity index (χ4n) is 2.99. The maximum atomic E-state index is 12.5. The molecule has 0 bridgehead atoms. The minimum atomic E-state index is -0.559. The molecule has 4 aromatic rings. The molecule has 3 aromatic carbocycles. The molecular weight excluding hydrogens is 372 g/mol. The Kier molecular flexibility index (Phi) is 4.62. The Bertz CT molecular complexity index is 1310. The third kappa shape index (κ3) is 3.74. The van der Waals surface area contributed by atoms with E-state index in [2.05, 4.69) is 5.32 Å². The molecule has 4 rings (SSSR count). The monoisotopic (exact) mass is 386 g/mol. The van der Waals surface area contributed by atoms with E-state index in [1.165, 1.54) is 24.3 Å². The number of hydrogen-bond acceptors (Lipinski definition) is 5. The Morgan fingerprint density at radius 1 is 0.931 bits per heavy atom. The van der Waals surface area contributed by atoms with Gasteiger partial charge in [0, 0.05) is 28.8 Å². The van der Waals surface area contributed by atoms with Gasteiger partial charge in [0.1, 0.15) is 5.58 Å². The average Bonchev–Trinajstić information content (AvgIpc) is 2.73. The molecule has 1 heterocycles. The number of anilines is 1. The summed E-state index contributed by atoms with van der Waals surface area (Å²) in [6.45, 7) is 0. The van der Waals surface area contributed by atoms with Crippen LogP contribution in [0, 0.1) is 10.1 Å². The summed E-state index contributed by atoms with van der Waals surface area (Å²) in [7, 11) is 0. The number of benzene rings is 3. The van der Waals surface area contributed by atoms with Crippen LogP contribution in [-0.4, -0.2) is 10.8 Å². The van der Waals surface area contributed by atoms with E-state index in [0.717, 1.165) is 5.39 Å². The highest BCUT2D eigenvalue weighted by molar-refractivity contribution is 6.04. The molecule has 0 saturated heterocycles. The minimum absolute atomic E-state index is 0.162. The molecule has 0 spiro atoms. The van der Waals surface area contributed by atoms with Crippen molar-refractivity contribution in [3.8, 4) is 11.1 Å². The zero-order valence-electron chi connectivity index (χ0n) is 15.0. The highest BCUT2D eigenvalue weighted by Gasteiger charge is 2.13. The quantitative estimate of drug-likeness (QED) is 0.313. The van der Waals surface area contributed by atoms with Gasteiger partial charge in [-0.1, -0.05) is 36.4 Å². The van der Waals surface area contributed by atoms with Gasteiger partial charge in [0.05, 0.1) is 10.5 Å². The van der Waals surface area contributed by atoms with Gasteiger partial charge in [0.2, 0.25) is 0 Å². The van der Waals surface area contributed by atoms with E-state index in [4.69, 9.17) is 4.42 Å². The molecule has 1 N–H and O–H groups in total. The summed E-state index contributed by atoms with van der Waals surface area (Å²) in [5.41, 5.74) is 1.42. The molecule has 29 heavy (non-hydrogen) atoms. The molecule has 1 amide bonds. The smallest absolute Gasteiger partial charge is 0.344 e. The van der Waals surface area contributed by atoms with Crippen molar-refractivity contribution in [2.75, 3.05) is 5.32 Å². The summed E-state index contributed by atoms with van der Waals surface area (Å²) in [5.74, 6) is -0.489. The fourth-order valence-corrected chi connectivity index (χ4v) is 2.99. The zero-order valence-corrected chi connectivity index (χ0v) is 15.0. The third-order valence-electron chi connectivity index (χ3n) is 4.39. The van der Waals surface area contributed by atoms with Crippen molar-refractivity contribution in [3.05, 3.63) is 105 Å². The first kappa shape index (κ1) is 18.1. The van der Waals surface area contributed by atoms with Crippen LogP contribution in [0.3, 0.4) is 0 Å². The Morgan fingerprint density at radius 2 is 1.72 bits per heavy atom. The van der Waals surface area contributed by atoms with Crippen LogP contribution in [0.1, 0.15) is 10.4 Å². The van der Waals surface area contributed by atoms with Crippen LogP contribution < -0.4 is 10.9 Å². The first-order valence-electron chi connectivity index (χ1n) is 8.70. The van der Waals surface area contributed by atoms with Crippen molar-refractivity contribution in [3.63, 3.8) is 0 Å². The summed E-state index contributed by atoms with van der Waals surface area (Å²) in [4.78, 5) is 35.2. The van der Waals surface area contributed by atoms with Crippen LogP contribution >= 0.6 is 0 Å². The lowest BCUT2D eigenvalue weighted by Crippen LogP contribution is -2.12. The molecule has 0 aliphatic rings. The topological polar surface area (TPSA) is 102 Å². The summed E-state index contributed by atoms with van der Waals surface area (Å²) in [6.07, 6.45) is 0. The van der Waals surface area contributed by atoms with Gasteiger partial charge in [-0.05, 0) is 35.9 Å². The number of nitrogens with one attached hydrogen (secondary N) is 1. The van der Waals surface area contributed by atoms with Crippen molar-refractivity contribution >= 4 is 28.3 Å². The van der Waals surface area contributed by atoms with E-state index < -0.39 is 16.5 Å². The number of hydrogen-bond donors (Lipinski definition) is 1. The molecule has 0 aliphatic heterocycles. The minimum Gasteiger partial charge on any atom is -0.422 e. The Morgan fingerprint density at radius 3 is 2.55 bits per heavy atom. The number of carbonyl (C=O) groups excluding carboxylic acids is 1. The number of carbonyl (C=O) groups is 1. The maximum Gasteiger partial charge on any atom is 0.344 e. The number of nitro benzene ring substituents is 1. The summed E-state index contributed by atoms with van der Waals surface area (Å²) in [6, 6.07) is 21.2. The van der Waals surface area contributed by atoms with Gasteiger partial charge in [0.15, 0.2) is 0 Å². The van der Waals surface area contributed by atoms with Crippen molar-refractivity contribution in [2.45, 2.75) is 0 Å². The molecule has 0 aliphatic carbocycles. The summed E-state index contributed by atoms with van der Waals surface area (Å²) < 4.78 is 5.37. The number of rotatable bonds is 4. The van der Waals surface area contributed by atoms with E-state index in [9.17, 15) is 19.7 Å². The summed E-state index contributed by atoms with van der Waals surface area (Å²) in [5, 5.41) is 14.4. The largest absolute Gasteiger partial charge is 0.422 e. The van der Waals surface area contributed by atoms with Crippen molar-refractivity contribution in [1.29, 1.82) is 0 Å². The van der Waals surface area contributed by atoms with Crippen molar-refractivity contribution in [1.82, 2.24) is 0 Å². The number of non-ortho nitro benzene ring substituents is 1. The summed E-state index contributed by atoms with van der Waals surface area (Å²) >= 11 is 0. The van der Waals surface area contributed by atoms with E-state index in [1.54, 1.807) is 42.5 Å². The highest BCUT2D eigenvalue weighted by Crippen LogP contribution is 2.24. The molecule has 142 valence electrons. The van der Waals surface area contributed by atoms with E-state index in [1.807, 2.05) is 12.1 Å². The lowest BCUT2D eigenvalue weighted by atomic mass is 10.1. The second-order valence-electron chi connectivity index (χ2n) is 6.33. The Hall–Kier alpha value is -4.26. The van der Waals surface area contributed by atoms with Gasteiger partial charge >= 0.3 is 5.63 Å². The van der Waals surface area contributed by atoms with E-state index in [-0.39, 0.29) is 11.3 Å². The van der Waals surface area contributed by atoms with Crippen LogP contribution in [0.4, 0.5) is 11.4 Å². The number of nitro groups is 1. The second kappa shape index (κ2) is 7.40. The van der Waals surface area contributed by atoms with Crippen LogP contribution in [0.15, 0.2) is 88.1 Å². The van der Waals surface area contributed by atoms with E-state index in [0.29, 0.717) is 22.4 Å². The van der Waals surface area contributed by atoms with Crippen molar-refractivity contribution in [2.24, 2.45) is 0 Å². The third-order valence-corrected chi connectivity index (χ3v) is 4.39. The molecule has 7 heteroatoms.